The minimum absolute atomic E-state index is 0.200. The van der Waals surface area contributed by atoms with Gasteiger partial charge in [-0.25, -0.2) is 9.59 Å². The summed E-state index contributed by atoms with van der Waals surface area (Å²) in [5.74, 6) is 0.336. The Morgan fingerprint density at radius 2 is 1.88 bits per heavy atom. The molecule has 0 aliphatic heterocycles. The molecule has 1 amide bonds. The van der Waals surface area contributed by atoms with Crippen LogP contribution in [-0.4, -0.2) is 34.4 Å². The highest BCUT2D eigenvalue weighted by atomic mass is 16.6. The maximum Gasteiger partial charge on any atom is 0.408 e. The van der Waals surface area contributed by atoms with Gasteiger partial charge in [-0.05, 0) is 33.3 Å². The van der Waals surface area contributed by atoms with Gasteiger partial charge in [0.2, 0.25) is 11.7 Å². The summed E-state index contributed by atoms with van der Waals surface area (Å²) in [6.07, 6.45) is -0.701. The summed E-state index contributed by atoms with van der Waals surface area (Å²) in [7, 11) is 0. The van der Waals surface area contributed by atoms with Crippen molar-refractivity contribution < 1.29 is 23.6 Å². The molecule has 2 rings (SSSR count). The third-order valence-corrected chi connectivity index (χ3v) is 3.21. The van der Waals surface area contributed by atoms with E-state index in [0.717, 1.165) is 5.56 Å². The molecule has 140 valence electrons. The van der Waals surface area contributed by atoms with Gasteiger partial charge >= 0.3 is 12.1 Å². The van der Waals surface area contributed by atoms with Gasteiger partial charge in [-0.1, -0.05) is 29.4 Å². The van der Waals surface area contributed by atoms with Crippen molar-refractivity contribution in [2.24, 2.45) is 0 Å². The van der Waals surface area contributed by atoms with Crippen LogP contribution in [0.15, 0.2) is 28.8 Å². The Morgan fingerprint density at radius 3 is 2.38 bits per heavy atom. The number of esters is 1. The van der Waals surface area contributed by atoms with Crippen molar-refractivity contribution in [1.82, 2.24) is 15.5 Å². The normalized spacial score (nSPS) is 12.3. The van der Waals surface area contributed by atoms with Crippen LogP contribution >= 0.6 is 0 Å². The molecule has 1 unspecified atom stereocenters. The lowest BCUT2D eigenvalue weighted by molar-refractivity contribution is -0.145. The van der Waals surface area contributed by atoms with E-state index in [2.05, 4.69) is 15.5 Å². The molecule has 0 spiro atoms. The zero-order chi connectivity index (χ0) is 19.3. The number of ether oxygens (including phenoxy) is 2. The lowest BCUT2D eigenvalue weighted by Crippen LogP contribution is -2.38. The van der Waals surface area contributed by atoms with Gasteiger partial charge in [0.05, 0.1) is 6.61 Å². The quantitative estimate of drug-likeness (QED) is 0.816. The van der Waals surface area contributed by atoms with Gasteiger partial charge in [0.1, 0.15) is 5.60 Å². The number of nitrogens with one attached hydrogen (secondary N) is 1. The Kier molecular flexibility index (Phi) is 5.97. The number of hydrogen-bond acceptors (Lipinski definition) is 7. The van der Waals surface area contributed by atoms with E-state index in [1.807, 2.05) is 0 Å². The number of benzene rings is 1. The molecule has 0 saturated carbocycles. The van der Waals surface area contributed by atoms with Crippen LogP contribution in [0.1, 0.15) is 45.2 Å². The number of hydrogen-bond donors (Lipinski definition) is 1. The van der Waals surface area contributed by atoms with E-state index in [0.29, 0.717) is 17.3 Å². The predicted octanol–water partition coefficient (Wildman–Crippen LogP) is 3.17. The summed E-state index contributed by atoms with van der Waals surface area (Å²) in [6, 6.07) is 5.89. The summed E-state index contributed by atoms with van der Waals surface area (Å²) in [5, 5.41) is 6.40. The van der Waals surface area contributed by atoms with Crippen molar-refractivity contribution in [3.05, 3.63) is 35.7 Å². The Balaban J connectivity index is 2.21. The topological polar surface area (TPSA) is 104 Å². The fraction of sp³-hybridized carbons (Fsp3) is 0.444. The van der Waals surface area contributed by atoms with Crippen molar-refractivity contribution in [3.8, 4) is 11.4 Å². The Bertz CT molecular complexity index is 762. The van der Waals surface area contributed by atoms with E-state index < -0.39 is 23.7 Å². The van der Waals surface area contributed by atoms with E-state index in [4.69, 9.17) is 14.0 Å². The van der Waals surface area contributed by atoms with Gasteiger partial charge < -0.3 is 19.3 Å². The Labute approximate surface area is 151 Å². The molecule has 1 atom stereocenters. The second-order valence-electron chi connectivity index (χ2n) is 6.59. The highest BCUT2D eigenvalue weighted by Gasteiger charge is 2.27. The average Bonchev–Trinajstić information content (AvgIpc) is 2.98. The molecule has 2 aromatic rings. The number of amides is 1. The second-order valence-corrected chi connectivity index (χ2v) is 6.59. The van der Waals surface area contributed by atoms with Gasteiger partial charge in [-0.3, -0.25) is 0 Å². The van der Waals surface area contributed by atoms with E-state index >= 15 is 0 Å². The summed E-state index contributed by atoms with van der Waals surface area (Å²) >= 11 is 0. The summed E-state index contributed by atoms with van der Waals surface area (Å²) in [6.45, 7) is 8.83. The average molecular weight is 361 g/mol. The molecule has 8 nitrogen and oxygen atoms in total. The first kappa shape index (κ1) is 19.4. The Morgan fingerprint density at radius 1 is 1.23 bits per heavy atom. The number of alkyl carbamates (subject to hydrolysis) is 1. The summed E-state index contributed by atoms with van der Waals surface area (Å²) in [4.78, 5) is 28.5. The van der Waals surface area contributed by atoms with Crippen LogP contribution in [0.25, 0.3) is 11.4 Å². The van der Waals surface area contributed by atoms with Gasteiger partial charge in [-0.2, -0.15) is 4.98 Å². The van der Waals surface area contributed by atoms with Gasteiger partial charge in [0.25, 0.3) is 0 Å². The molecule has 0 radical (unpaired) electrons. The van der Waals surface area contributed by atoms with Gasteiger partial charge in [0.15, 0.2) is 6.04 Å². The zero-order valence-corrected chi connectivity index (χ0v) is 15.5. The largest absolute Gasteiger partial charge is 0.464 e. The van der Waals surface area contributed by atoms with Crippen LogP contribution in [0.4, 0.5) is 4.79 Å². The molecule has 1 N–H and O–H groups in total. The van der Waals surface area contributed by atoms with Crippen molar-refractivity contribution in [2.75, 3.05) is 6.61 Å². The van der Waals surface area contributed by atoms with Crippen molar-refractivity contribution in [3.63, 3.8) is 0 Å². The molecule has 1 aromatic carbocycles. The predicted molar refractivity (Wildman–Crippen MR) is 93.2 cm³/mol. The molecule has 0 aliphatic rings. The fourth-order valence-electron chi connectivity index (χ4n) is 2.17. The molecule has 0 saturated heterocycles. The lowest BCUT2D eigenvalue weighted by Gasteiger charge is -2.23. The smallest absolute Gasteiger partial charge is 0.408 e. The Hall–Kier alpha value is -2.90. The van der Waals surface area contributed by atoms with E-state index in [-0.39, 0.29) is 6.61 Å². The molecule has 8 heteroatoms. The highest BCUT2D eigenvalue weighted by Crippen LogP contribution is 2.21. The second kappa shape index (κ2) is 7.99. The summed E-state index contributed by atoms with van der Waals surface area (Å²) in [5.41, 5.74) is 0.604. The lowest BCUT2D eigenvalue weighted by atomic mass is 10.0. The van der Waals surface area contributed by atoms with E-state index in [1.54, 1.807) is 58.9 Å². The van der Waals surface area contributed by atoms with Crippen LogP contribution in [-0.2, 0) is 14.3 Å². The maximum atomic E-state index is 12.3. The third kappa shape index (κ3) is 5.30. The molecule has 1 aromatic heterocycles. The minimum atomic E-state index is -0.981. The molecule has 0 fully saturated rings. The number of carbonyl (C=O) groups excluding carboxylic acids is 2. The van der Waals surface area contributed by atoms with Crippen molar-refractivity contribution in [1.29, 1.82) is 0 Å². The first-order valence-corrected chi connectivity index (χ1v) is 8.26. The van der Waals surface area contributed by atoms with Gasteiger partial charge in [-0.15, -0.1) is 0 Å². The first-order chi connectivity index (χ1) is 12.2. The minimum Gasteiger partial charge on any atom is -0.464 e. The highest BCUT2D eigenvalue weighted by molar-refractivity contribution is 5.83. The third-order valence-electron chi connectivity index (χ3n) is 3.21. The van der Waals surface area contributed by atoms with Crippen molar-refractivity contribution >= 4 is 12.1 Å². The summed E-state index contributed by atoms with van der Waals surface area (Å²) < 4.78 is 15.2. The maximum absolute atomic E-state index is 12.3. The zero-order valence-electron chi connectivity index (χ0n) is 15.5. The standard InChI is InChI=1S/C18H23N3O5/c1-6-24-16(22)14(20-17(23)25-18(3,4)5)12-7-9-13(10-8-12)15-19-11(2)26-21-15/h7-10,14H,6H2,1-5H3,(H,20,23). The van der Waals surface area contributed by atoms with Crippen LogP contribution in [0, 0.1) is 6.92 Å². The molecular weight excluding hydrogens is 338 g/mol. The number of aromatic nitrogens is 2. The number of carbonyl (C=O) groups is 2. The SMILES string of the molecule is CCOC(=O)C(NC(=O)OC(C)(C)C)c1ccc(-c2noc(C)n2)cc1. The molecule has 26 heavy (non-hydrogen) atoms. The van der Waals surface area contributed by atoms with Crippen LogP contribution in [0.5, 0.6) is 0 Å². The number of rotatable bonds is 5. The van der Waals surface area contributed by atoms with E-state index in [1.165, 1.54) is 0 Å². The van der Waals surface area contributed by atoms with Crippen LogP contribution in [0.2, 0.25) is 0 Å². The molecule has 0 aliphatic carbocycles. The molecular formula is C18H23N3O5. The first-order valence-electron chi connectivity index (χ1n) is 8.26. The molecule has 1 heterocycles. The van der Waals surface area contributed by atoms with Crippen LogP contribution < -0.4 is 5.32 Å². The number of nitrogens with zero attached hydrogens (tertiary/aromatic N) is 2. The van der Waals surface area contributed by atoms with E-state index in [9.17, 15) is 9.59 Å². The number of aryl methyl sites for hydroxylation is 1. The monoisotopic (exact) mass is 361 g/mol. The molecule has 0 bridgehead atoms. The fourth-order valence-corrected chi connectivity index (χ4v) is 2.17. The van der Waals surface area contributed by atoms with Gasteiger partial charge in [0, 0.05) is 12.5 Å². The van der Waals surface area contributed by atoms with Crippen LogP contribution in [0.3, 0.4) is 0 Å². The van der Waals surface area contributed by atoms with Crippen molar-refractivity contribution in [2.45, 2.75) is 46.3 Å².